The van der Waals surface area contributed by atoms with Gasteiger partial charge in [0.25, 0.3) is 0 Å². The van der Waals surface area contributed by atoms with Gasteiger partial charge in [0, 0.05) is 6.42 Å². The van der Waals surface area contributed by atoms with Crippen LogP contribution in [0.4, 0.5) is 0 Å². The maximum absolute atomic E-state index is 3.20. The molecule has 0 heteroatoms. The highest BCUT2D eigenvalue weighted by molar-refractivity contribution is 5.14. The minimum absolute atomic E-state index is 1.07. The first kappa shape index (κ1) is 14.3. The van der Waals surface area contributed by atoms with Crippen LogP contribution in [0.2, 0.25) is 0 Å². The Hall–Kier alpha value is -0.700. The van der Waals surface area contributed by atoms with Gasteiger partial charge in [0.05, 0.1) is 0 Å². The normalized spacial score (nSPS) is 10.3. The lowest BCUT2D eigenvalue weighted by Crippen LogP contribution is -1.73. The zero-order valence-corrected chi connectivity index (χ0v) is 10.5. The monoisotopic (exact) mass is 206 g/mol. The zero-order valence-electron chi connectivity index (χ0n) is 10.5. The van der Waals surface area contributed by atoms with E-state index in [2.05, 4.69) is 31.8 Å². The van der Waals surface area contributed by atoms with Gasteiger partial charge in [-0.05, 0) is 25.3 Å². The SMILES string of the molecule is CCCCC/C=C/C#CCCCCCC. The molecule has 0 atom stereocenters. The quantitative estimate of drug-likeness (QED) is 0.383. The standard InChI is InChI=1S/C15H26/c1-3-5-7-9-11-13-15-14-12-10-8-6-4-2/h11,13H,3-10,12H2,1-2H3/b13-11+. The molecule has 0 N–H and O–H groups in total. The summed E-state index contributed by atoms with van der Waals surface area (Å²) in [7, 11) is 0. The Labute approximate surface area is 96.2 Å². The summed E-state index contributed by atoms with van der Waals surface area (Å²) in [6.07, 6.45) is 15.7. The van der Waals surface area contributed by atoms with Crippen LogP contribution in [0.1, 0.15) is 71.6 Å². The molecule has 0 heterocycles. The van der Waals surface area contributed by atoms with E-state index in [1.807, 2.05) is 6.08 Å². The summed E-state index contributed by atoms with van der Waals surface area (Å²) in [5, 5.41) is 0. The molecule has 0 aromatic carbocycles. The maximum Gasteiger partial charge on any atom is 0.00922 e. The summed E-state index contributed by atoms with van der Waals surface area (Å²) in [6.45, 7) is 4.48. The molecule has 0 nitrogen and oxygen atoms in total. The van der Waals surface area contributed by atoms with Gasteiger partial charge in [0.2, 0.25) is 0 Å². The van der Waals surface area contributed by atoms with E-state index in [4.69, 9.17) is 0 Å². The van der Waals surface area contributed by atoms with Crippen LogP contribution in [0.15, 0.2) is 12.2 Å². The van der Waals surface area contributed by atoms with Crippen molar-refractivity contribution in [1.82, 2.24) is 0 Å². The first-order chi connectivity index (χ1) is 7.41. The second-order valence-corrected chi connectivity index (χ2v) is 4.03. The van der Waals surface area contributed by atoms with Gasteiger partial charge in [-0.1, -0.05) is 63.9 Å². The van der Waals surface area contributed by atoms with Crippen molar-refractivity contribution >= 4 is 0 Å². The molecule has 0 saturated heterocycles. The molecular weight excluding hydrogens is 180 g/mol. The van der Waals surface area contributed by atoms with Gasteiger partial charge in [0.15, 0.2) is 0 Å². The lowest BCUT2D eigenvalue weighted by Gasteiger charge is -1.91. The molecule has 0 aromatic heterocycles. The van der Waals surface area contributed by atoms with Gasteiger partial charge in [-0.3, -0.25) is 0 Å². The molecule has 15 heavy (non-hydrogen) atoms. The highest BCUT2D eigenvalue weighted by Gasteiger charge is 1.83. The van der Waals surface area contributed by atoms with Crippen molar-refractivity contribution in [1.29, 1.82) is 0 Å². The van der Waals surface area contributed by atoms with Crippen molar-refractivity contribution in [3.63, 3.8) is 0 Å². The molecule has 0 rings (SSSR count). The minimum atomic E-state index is 1.07. The van der Waals surface area contributed by atoms with Crippen LogP contribution >= 0.6 is 0 Å². The third kappa shape index (κ3) is 13.3. The van der Waals surface area contributed by atoms with Crippen molar-refractivity contribution in [2.45, 2.75) is 71.6 Å². The van der Waals surface area contributed by atoms with Crippen molar-refractivity contribution < 1.29 is 0 Å². The first-order valence-corrected chi connectivity index (χ1v) is 6.55. The number of hydrogen-bond donors (Lipinski definition) is 0. The number of hydrogen-bond acceptors (Lipinski definition) is 0. The van der Waals surface area contributed by atoms with Crippen molar-refractivity contribution in [2.24, 2.45) is 0 Å². The predicted octanol–water partition coefficient (Wildman–Crippen LogP) is 5.10. The molecule has 0 aromatic rings. The second-order valence-electron chi connectivity index (χ2n) is 4.03. The first-order valence-electron chi connectivity index (χ1n) is 6.55. The average Bonchev–Trinajstić information content (AvgIpc) is 2.26. The van der Waals surface area contributed by atoms with Crippen molar-refractivity contribution in [3.8, 4) is 11.8 Å². The molecule has 0 saturated carbocycles. The summed E-state index contributed by atoms with van der Waals surface area (Å²) in [4.78, 5) is 0. The summed E-state index contributed by atoms with van der Waals surface area (Å²) in [6, 6.07) is 0. The van der Waals surface area contributed by atoms with E-state index in [1.54, 1.807) is 0 Å². The fourth-order valence-electron chi connectivity index (χ4n) is 1.43. The smallest absolute Gasteiger partial charge is 0.00922 e. The molecule has 86 valence electrons. The van der Waals surface area contributed by atoms with Crippen LogP contribution in [0.5, 0.6) is 0 Å². The molecule has 0 fully saturated rings. The van der Waals surface area contributed by atoms with E-state index in [9.17, 15) is 0 Å². The molecule has 0 bridgehead atoms. The van der Waals surface area contributed by atoms with E-state index in [1.165, 1.54) is 51.4 Å². The molecule has 0 aliphatic heterocycles. The Morgan fingerprint density at radius 3 is 2.33 bits per heavy atom. The third-order valence-corrected chi connectivity index (χ3v) is 2.43. The Morgan fingerprint density at radius 1 is 0.867 bits per heavy atom. The summed E-state index contributed by atoms with van der Waals surface area (Å²) in [5.74, 6) is 6.31. The van der Waals surface area contributed by atoms with E-state index in [-0.39, 0.29) is 0 Å². The lowest BCUT2D eigenvalue weighted by atomic mass is 10.1. The van der Waals surface area contributed by atoms with Gasteiger partial charge in [-0.25, -0.2) is 0 Å². The highest BCUT2D eigenvalue weighted by Crippen LogP contribution is 2.01. The van der Waals surface area contributed by atoms with Crippen LogP contribution in [0.3, 0.4) is 0 Å². The Kier molecular flexibility index (Phi) is 12.7. The van der Waals surface area contributed by atoms with E-state index >= 15 is 0 Å². The van der Waals surface area contributed by atoms with Crippen LogP contribution in [-0.4, -0.2) is 0 Å². The fourth-order valence-corrected chi connectivity index (χ4v) is 1.43. The maximum atomic E-state index is 3.20. The molecule has 0 amide bonds. The molecule has 0 radical (unpaired) electrons. The molecule has 0 aliphatic rings. The number of allylic oxidation sites excluding steroid dienone is 2. The van der Waals surface area contributed by atoms with Gasteiger partial charge in [-0.15, -0.1) is 0 Å². The van der Waals surface area contributed by atoms with Crippen LogP contribution in [0.25, 0.3) is 0 Å². The minimum Gasteiger partial charge on any atom is -0.0985 e. The van der Waals surface area contributed by atoms with Crippen LogP contribution < -0.4 is 0 Å². The van der Waals surface area contributed by atoms with Gasteiger partial charge in [0.1, 0.15) is 0 Å². The highest BCUT2D eigenvalue weighted by atomic mass is 13.9. The Balaban J connectivity index is 3.21. The number of unbranched alkanes of at least 4 members (excludes halogenated alkanes) is 7. The fraction of sp³-hybridized carbons (Fsp3) is 0.733. The number of rotatable bonds is 8. The van der Waals surface area contributed by atoms with E-state index in [0.29, 0.717) is 0 Å². The second kappa shape index (κ2) is 13.3. The average molecular weight is 206 g/mol. The lowest BCUT2D eigenvalue weighted by molar-refractivity contribution is 0.679. The van der Waals surface area contributed by atoms with Gasteiger partial charge < -0.3 is 0 Å². The molecule has 0 spiro atoms. The summed E-state index contributed by atoms with van der Waals surface area (Å²) in [5.41, 5.74) is 0. The zero-order chi connectivity index (χ0) is 11.2. The van der Waals surface area contributed by atoms with E-state index in [0.717, 1.165) is 6.42 Å². The third-order valence-electron chi connectivity index (χ3n) is 2.43. The molecule has 0 aliphatic carbocycles. The Morgan fingerprint density at radius 2 is 1.60 bits per heavy atom. The van der Waals surface area contributed by atoms with Gasteiger partial charge >= 0.3 is 0 Å². The van der Waals surface area contributed by atoms with Crippen molar-refractivity contribution in [2.75, 3.05) is 0 Å². The van der Waals surface area contributed by atoms with Crippen LogP contribution in [0, 0.1) is 11.8 Å². The Bertz CT molecular complexity index is 190. The predicted molar refractivity (Wildman–Crippen MR) is 69.8 cm³/mol. The largest absolute Gasteiger partial charge is 0.0985 e. The summed E-state index contributed by atoms with van der Waals surface area (Å²) >= 11 is 0. The molecule has 0 unspecified atom stereocenters. The topological polar surface area (TPSA) is 0 Å². The van der Waals surface area contributed by atoms with Gasteiger partial charge in [-0.2, -0.15) is 0 Å². The molecular formula is C15H26. The van der Waals surface area contributed by atoms with E-state index < -0.39 is 0 Å². The van der Waals surface area contributed by atoms with Crippen LogP contribution in [-0.2, 0) is 0 Å². The summed E-state index contributed by atoms with van der Waals surface area (Å²) < 4.78 is 0. The van der Waals surface area contributed by atoms with Crippen molar-refractivity contribution in [3.05, 3.63) is 12.2 Å².